The number of esters is 2. The van der Waals surface area contributed by atoms with Crippen molar-refractivity contribution >= 4 is 35.0 Å². The van der Waals surface area contributed by atoms with Gasteiger partial charge in [-0.25, -0.2) is 4.79 Å². The average Bonchev–Trinajstić information content (AvgIpc) is 2.87. The fourth-order valence-corrected chi connectivity index (χ4v) is 3.01. The Labute approximate surface area is 207 Å². The summed E-state index contributed by atoms with van der Waals surface area (Å²) < 4.78 is 14.9. The Morgan fingerprint density at radius 3 is 2.28 bits per heavy atom. The Hall–Kier alpha value is -4.28. The summed E-state index contributed by atoms with van der Waals surface area (Å²) >= 11 is 0. The van der Waals surface area contributed by atoms with Gasteiger partial charge in [0.25, 0.3) is 0 Å². The molecule has 0 aliphatic carbocycles. The van der Waals surface area contributed by atoms with Crippen molar-refractivity contribution in [2.24, 2.45) is 0 Å². The van der Waals surface area contributed by atoms with Crippen molar-refractivity contribution in [3.05, 3.63) is 63.7 Å². The van der Waals surface area contributed by atoms with Gasteiger partial charge in [-0.1, -0.05) is 13.3 Å². The predicted molar refractivity (Wildman–Crippen MR) is 129 cm³/mol. The number of nitrogens with zero attached hydrogens (tertiary/aromatic N) is 1. The Bertz CT molecular complexity index is 1100. The van der Waals surface area contributed by atoms with Crippen LogP contribution in [0, 0.1) is 10.1 Å². The van der Waals surface area contributed by atoms with Crippen molar-refractivity contribution < 1.29 is 38.3 Å². The second-order valence-corrected chi connectivity index (χ2v) is 7.70. The van der Waals surface area contributed by atoms with Crippen LogP contribution in [0.5, 0.6) is 5.75 Å². The molecule has 0 aromatic heterocycles. The van der Waals surface area contributed by atoms with Gasteiger partial charge in [0.05, 0.1) is 24.2 Å². The van der Waals surface area contributed by atoms with E-state index in [4.69, 9.17) is 14.2 Å². The molecule has 0 aliphatic heterocycles. The van der Waals surface area contributed by atoms with Gasteiger partial charge < -0.3 is 19.5 Å². The van der Waals surface area contributed by atoms with Crippen molar-refractivity contribution in [2.45, 2.75) is 39.0 Å². The summed E-state index contributed by atoms with van der Waals surface area (Å²) in [7, 11) is 1.27. The standard InChI is InChI=1S/C25H28N2O9/c1-3-4-14-35-25(31)17-8-11-19(12-9-17)26-23(29)6-5-7-24(30)36-16-21(28)18-10-13-22(34-2)20(15-18)27(32)33/h8-13,15H,3-7,14,16H2,1-2H3,(H,26,29). The van der Waals surface area contributed by atoms with E-state index < -0.39 is 29.3 Å². The third-order valence-corrected chi connectivity index (χ3v) is 4.98. The lowest BCUT2D eigenvalue weighted by Gasteiger charge is -2.08. The van der Waals surface area contributed by atoms with Gasteiger partial charge in [-0.2, -0.15) is 0 Å². The number of hydrogen-bond donors (Lipinski definition) is 1. The van der Waals surface area contributed by atoms with E-state index in [2.05, 4.69) is 5.32 Å². The lowest BCUT2D eigenvalue weighted by molar-refractivity contribution is -0.385. The molecule has 1 amide bonds. The van der Waals surface area contributed by atoms with Gasteiger partial charge >= 0.3 is 17.6 Å². The van der Waals surface area contributed by atoms with E-state index in [0.717, 1.165) is 18.9 Å². The van der Waals surface area contributed by atoms with Crippen molar-refractivity contribution in [3.8, 4) is 5.75 Å². The molecule has 2 aromatic carbocycles. The van der Waals surface area contributed by atoms with Gasteiger partial charge in [0.2, 0.25) is 11.7 Å². The zero-order valence-corrected chi connectivity index (χ0v) is 20.1. The molecule has 0 atom stereocenters. The number of rotatable bonds is 14. The normalized spacial score (nSPS) is 10.3. The molecule has 0 unspecified atom stereocenters. The highest BCUT2D eigenvalue weighted by atomic mass is 16.6. The average molecular weight is 501 g/mol. The fourth-order valence-electron chi connectivity index (χ4n) is 3.01. The lowest BCUT2D eigenvalue weighted by atomic mass is 10.1. The SMILES string of the molecule is CCCCOC(=O)c1ccc(NC(=O)CCCC(=O)OCC(=O)c2ccc(OC)c([N+](=O)[O-])c2)cc1. The van der Waals surface area contributed by atoms with Crippen LogP contribution in [0.15, 0.2) is 42.5 Å². The molecule has 11 heteroatoms. The lowest BCUT2D eigenvalue weighted by Crippen LogP contribution is -2.16. The minimum absolute atomic E-state index is 0.00711. The van der Waals surface area contributed by atoms with E-state index in [0.29, 0.717) is 17.9 Å². The number of methoxy groups -OCH3 is 1. The van der Waals surface area contributed by atoms with E-state index >= 15 is 0 Å². The first-order valence-corrected chi connectivity index (χ1v) is 11.3. The summed E-state index contributed by atoms with van der Waals surface area (Å²) in [6, 6.07) is 9.95. The zero-order valence-electron chi connectivity index (χ0n) is 20.1. The van der Waals surface area contributed by atoms with Crippen LogP contribution >= 0.6 is 0 Å². The van der Waals surface area contributed by atoms with Crippen molar-refractivity contribution in [1.29, 1.82) is 0 Å². The first-order valence-electron chi connectivity index (χ1n) is 11.3. The van der Waals surface area contributed by atoms with Crippen LogP contribution in [0.3, 0.4) is 0 Å². The monoisotopic (exact) mass is 500 g/mol. The van der Waals surface area contributed by atoms with Crippen molar-refractivity contribution in [1.82, 2.24) is 0 Å². The van der Waals surface area contributed by atoms with Crippen LogP contribution in [0.4, 0.5) is 11.4 Å². The number of unbranched alkanes of at least 4 members (excludes halogenated alkanes) is 1. The van der Waals surface area contributed by atoms with Crippen LogP contribution in [0.25, 0.3) is 0 Å². The van der Waals surface area contributed by atoms with Crippen LogP contribution in [-0.4, -0.2) is 48.9 Å². The Kier molecular flexibility index (Phi) is 11.0. The molecule has 36 heavy (non-hydrogen) atoms. The number of ketones is 1. The molecule has 2 rings (SSSR count). The molecule has 11 nitrogen and oxygen atoms in total. The number of ether oxygens (including phenoxy) is 3. The summed E-state index contributed by atoms with van der Waals surface area (Å²) in [5.41, 5.74) is 0.509. The smallest absolute Gasteiger partial charge is 0.338 e. The van der Waals surface area contributed by atoms with Gasteiger partial charge in [0, 0.05) is 30.2 Å². The largest absolute Gasteiger partial charge is 0.490 e. The molecule has 0 aliphatic rings. The van der Waals surface area contributed by atoms with Gasteiger partial charge in [-0.3, -0.25) is 24.5 Å². The molecule has 0 radical (unpaired) electrons. The van der Waals surface area contributed by atoms with E-state index in [1.54, 1.807) is 24.3 Å². The number of carbonyl (C=O) groups is 4. The number of carbonyl (C=O) groups excluding carboxylic acids is 4. The maximum Gasteiger partial charge on any atom is 0.338 e. The predicted octanol–water partition coefficient (Wildman–Crippen LogP) is 4.10. The number of nitro groups is 1. The number of nitrogens with one attached hydrogen (secondary N) is 1. The van der Waals surface area contributed by atoms with Gasteiger partial charge in [0.1, 0.15) is 0 Å². The van der Waals surface area contributed by atoms with Gasteiger partial charge in [0.15, 0.2) is 12.4 Å². The Balaban J connectivity index is 1.72. The van der Waals surface area contributed by atoms with E-state index in [1.165, 1.54) is 19.2 Å². The van der Waals surface area contributed by atoms with Gasteiger partial charge in [-0.05, 0) is 49.2 Å². The molecule has 2 aromatic rings. The minimum atomic E-state index is -0.677. The summed E-state index contributed by atoms with van der Waals surface area (Å²) in [4.78, 5) is 58.5. The number of Topliss-reactive ketones (excluding diaryl/α,β-unsaturated/α-hetero) is 1. The Morgan fingerprint density at radius 2 is 1.64 bits per heavy atom. The summed E-state index contributed by atoms with van der Waals surface area (Å²) in [5.74, 6) is -2.03. The van der Waals surface area contributed by atoms with Crippen molar-refractivity contribution in [3.63, 3.8) is 0 Å². The number of anilines is 1. The van der Waals surface area contributed by atoms with Crippen LogP contribution in [0.2, 0.25) is 0 Å². The molecule has 192 valence electrons. The fraction of sp³-hybridized carbons (Fsp3) is 0.360. The number of benzene rings is 2. The maximum atomic E-state index is 12.2. The van der Waals surface area contributed by atoms with E-state index in [1.807, 2.05) is 6.92 Å². The highest BCUT2D eigenvalue weighted by Crippen LogP contribution is 2.27. The second-order valence-electron chi connectivity index (χ2n) is 7.70. The zero-order chi connectivity index (χ0) is 26.5. The van der Waals surface area contributed by atoms with Crippen LogP contribution in [-0.2, 0) is 19.1 Å². The van der Waals surface area contributed by atoms with Crippen LogP contribution < -0.4 is 10.1 Å². The maximum absolute atomic E-state index is 12.2. The molecule has 0 saturated carbocycles. The van der Waals surface area contributed by atoms with E-state index in [9.17, 15) is 29.3 Å². The number of nitro benzene ring substituents is 1. The summed E-state index contributed by atoms with van der Waals surface area (Å²) in [6.07, 6.45) is 1.84. The number of amides is 1. The minimum Gasteiger partial charge on any atom is -0.490 e. The molecule has 0 spiro atoms. The molecule has 0 bridgehead atoms. The molecule has 1 N–H and O–H groups in total. The second kappa shape index (κ2) is 14.2. The topological polar surface area (TPSA) is 151 Å². The number of hydrogen-bond acceptors (Lipinski definition) is 9. The van der Waals surface area contributed by atoms with Crippen molar-refractivity contribution in [2.75, 3.05) is 25.6 Å². The van der Waals surface area contributed by atoms with E-state index in [-0.39, 0.29) is 42.2 Å². The van der Waals surface area contributed by atoms with Crippen LogP contribution in [0.1, 0.15) is 59.7 Å². The first kappa shape index (κ1) is 28.0. The molecule has 0 heterocycles. The highest BCUT2D eigenvalue weighted by molar-refractivity contribution is 5.99. The quantitative estimate of drug-likeness (QED) is 0.133. The third kappa shape index (κ3) is 8.82. The highest BCUT2D eigenvalue weighted by Gasteiger charge is 2.19. The van der Waals surface area contributed by atoms with Gasteiger partial charge in [-0.15, -0.1) is 0 Å². The summed E-state index contributed by atoms with van der Waals surface area (Å²) in [6.45, 7) is 1.77. The molecular weight excluding hydrogens is 472 g/mol. The molecular formula is C25H28N2O9. The molecule has 0 saturated heterocycles. The molecule has 0 fully saturated rings. The first-order chi connectivity index (χ1) is 17.2. The Morgan fingerprint density at radius 1 is 0.944 bits per heavy atom. The summed E-state index contributed by atoms with van der Waals surface area (Å²) in [5, 5.41) is 13.7. The third-order valence-electron chi connectivity index (χ3n) is 4.98.